The van der Waals surface area contributed by atoms with E-state index in [1.807, 2.05) is 6.92 Å². The fraction of sp³-hybridized carbons (Fsp3) is 1.00. The van der Waals surface area contributed by atoms with E-state index >= 15 is 0 Å². The van der Waals surface area contributed by atoms with Crippen LogP contribution in [0.2, 0.25) is 0 Å². The van der Waals surface area contributed by atoms with E-state index < -0.39 is 0 Å². The Hall–Kier alpha value is -0.0800. The molecule has 0 aromatic rings. The monoisotopic (exact) mass is 117 g/mol. The highest BCUT2D eigenvalue weighted by Crippen LogP contribution is 1.98. The highest BCUT2D eigenvalue weighted by Gasteiger charge is 2.07. The smallest absolute Gasteiger partial charge is 0.0716 e. The summed E-state index contributed by atoms with van der Waals surface area (Å²) in [4.78, 5) is 0. The van der Waals surface area contributed by atoms with Crippen LogP contribution in [0.15, 0.2) is 0 Å². The van der Waals surface area contributed by atoms with Crippen LogP contribution in [-0.4, -0.2) is 19.3 Å². The summed E-state index contributed by atoms with van der Waals surface area (Å²) in [6, 6.07) is 0.157. The number of hydrogen-bond donors (Lipinski definition) is 1. The topological polar surface area (TPSA) is 35.2 Å². The number of ether oxygens (including phenoxy) is 1. The zero-order valence-electron chi connectivity index (χ0n) is 5.85. The van der Waals surface area contributed by atoms with Crippen molar-refractivity contribution in [2.24, 2.45) is 5.73 Å². The van der Waals surface area contributed by atoms with Gasteiger partial charge in [0.15, 0.2) is 0 Å². The van der Waals surface area contributed by atoms with Crippen LogP contribution in [0.3, 0.4) is 0 Å². The van der Waals surface area contributed by atoms with Gasteiger partial charge in [-0.1, -0.05) is 6.92 Å². The third-order valence-corrected chi connectivity index (χ3v) is 1.29. The highest BCUT2D eigenvalue weighted by atomic mass is 16.5. The summed E-state index contributed by atoms with van der Waals surface area (Å²) in [6.07, 6.45) is 1.23. The van der Waals surface area contributed by atoms with Crippen LogP contribution in [0.5, 0.6) is 0 Å². The van der Waals surface area contributed by atoms with Gasteiger partial charge in [-0.15, -0.1) is 0 Å². The molecule has 0 aromatic heterocycles. The Morgan fingerprint density at radius 3 is 2.12 bits per heavy atom. The first-order valence-corrected chi connectivity index (χ1v) is 3.00. The van der Waals surface area contributed by atoms with Crippen LogP contribution < -0.4 is 5.73 Å². The standard InChI is InChI=1S/C6H15NO/c1-4-6(8-3)5(2)7/h5-6H,4,7H2,1-3H3. The summed E-state index contributed by atoms with van der Waals surface area (Å²) in [5.74, 6) is 0. The normalized spacial score (nSPS) is 18.0. The lowest BCUT2D eigenvalue weighted by Gasteiger charge is -2.15. The van der Waals surface area contributed by atoms with E-state index in [1.54, 1.807) is 7.11 Å². The van der Waals surface area contributed by atoms with Gasteiger partial charge < -0.3 is 10.5 Å². The lowest BCUT2D eigenvalue weighted by atomic mass is 10.1. The van der Waals surface area contributed by atoms with Crippen molar-refractivity contribution >= 4 is 0 Å². The van der Waals surface area contributed by atoms with E-state index in [9.17, 15) is 0 Å². The van der Waals surface area contributed by atoms with Crippen molar-refractivity contribution in [2.45, 2.75) is 32.4 Å². The Bertz CT molecular complexity index is 50.5. The molecule has 0 aliphatic heterocycles. The maximum atomic E-state index is 5.53. The molecule has 0 aliphatic carbocycles. The molecule has 0 fully saturated rings. The summed E-state index contributed by atoms with van der Waals surface area (Å²) >= 11 is 0. The summed E-state index contributed by atoms with van der Waals surface area (Å²) in [6.45, 7) is 4.02. The van der Waals surface area contributed by atoms with Gasteiger partial charge in [0.1, 0.15) is 0 Å². The molecular weight excluding hydrogens is 102 g/mol. The van der Waals surface area contributed by atoms with Crippen molar-refractivity contribution in [1.82, 2.24) is 0 Å². The van der Waals surface area contributed by atoms with Gasteiger partial charge in [-0.3, -0.25) is 0 Å². The summed E-state index contributed by atoms with van der Waals surface area (Å²) < 4.78 is 5.04. The van der Waals surface area contributed by atoms with Gasteiger partial charge in [0.25, 0.3) is 0 Å². The van der Waals surface area contributed by atoms with E-state index in [4.69, 9.17) is 10.5 Å². The molecule has 0 saturated carbocycles. The first-order chi connectivity index (χ1) is 3.72. The molecule has 2 N–H and O–H groups in total. The molecule has 0 radical (unpaired) electrons. The minimum absolute atomic E-state index is 0.157. The predicted octanol–water partition coefficient (Wildman–Crippen LogP) is 0.759. The van der Waals surface area contributed by atoms with Gasteiger partial charge in [0.05, 0.1) is 6.10 Å². The van der Waals surface area contributed by atoms with E-state index in [0.29, 0.717) is 0 Å². The minimum atomic E-state index is 0.157. The molecule has 0 aliphatic rings. The summed E-state index contributed by atoms with van der Waals surface area (Å²) in [5, 5.41) is 0. The number of nitrogens with two attached hydrogens (primary N) is 1. The Kier molecular flexibility index (Phi) is 3.83. The van der Waals surface area contributed by atoms with Crippen molar-refractivity contribution in [3.8, 4) is 0 Å². The molecule has 0 spiro atoms. The van der Waals surface area contributed by atoms with Crippen molar-refractivity contribution in [3.63, 3.8) is 0 Å². The van der Waals surface area contributed by atoms with Crippen LogP contribution in [0.1, 0.15) is 20.3 Å². The van der Waals surface area contributed by atoms with E-state index in [0.717, 1.165) is 6.42 Å². The van der Waals surface area contributed by atoms with Gasteiger partial charge in [0, 0.05) is 13.2 Å². The summed E-state index contributed by atoms with van der Waals surface area (Å²) in [7, 11) is 1.69. The zero-order chi connectivity index (χ0) is 6.57. The fourth-order valence-electron chi connectivity index (χ4n) is 0.753. The third-order valence-electron chi connectivity index (χ3n) is 1.29. The Labute approximate surface area is 51.0 Å². The van der Waals surface area contributed by atoms with Crippen molar-refractivity contribution < 1.29 is 4.74 Å². The molecule has 2 heteroatoms. The van der Waals surface area contributed by atoms with Gasteiger partial charge in [0.2, 0.25) is 0 Å². The number of methoxy groups -OCH3 is 1. The number of hydrogen-bond acceptors (Lipinski definition) is 2. The van der Waals surface area contributed by atoms with Crippen LogP contribution in [0.25, 0.3) is 0 Å². The fourth-order valence-corrected chi connectivity index (χ4v) is 0.753. The van der Waals surface area contributed by atoms with Crippen molar-refractivity contribution in [1.29, 1.82) is 0 Å². The Morgan fingerprint density at radius 2 is 2.12 bits per heavy atom. The molecule has 50 valence electrons. The molecule has 0 amide bonds. The second-order valence-electron chi connectivity index (χ2n) is 2.04. The molecule has 0 rings (SSSR count). The van der Waals surface area contributed by atoms with Crippen LogP contribution >= 0.6 is 0 Å². The minimum Gasteiger partial charge on any atom is -0.380 e. The molecule has 2 atom stereocenters. The molecular formula is C6H15NO. The lowest BCUT2D eigenvalue weighted by Crippen LogP contribution is -2.32. The van der Waals surface area contributed by atoms with Crippen molar-refractivity contribution in [3.05, 3.63) is 0 Å². The quantitative estimate of drug-likeness (QED) is 0.592. The average molecular weight is 117 g/mol. The molecule has 8 heavy (non-hydrogen) atoms. The summed E-state index contributed by atoms with van der Waals surface area (Å²) in [5.41, 5.74) is 5.53. The molecule has 0 aromatic carbocycles. The molecule has 0 bridgehead atoms. The number of rotatable bonds is 3. The molecule has 0 saturated heterocycles. The molecule has 0 heterocycles. The van der Waals surface area contributed by atoms with Crippen LogP contribution in [0, 0.1) is 0 Å². The predicted molar refractivity (Wildman–Crippen MR) is 34.7 cm³/mol. The Morgan fingerprint density at radius 1 is 1.62 bits per heavy atom. The van der Waals surface area contributed by atoms with Gasteiger partial charge in [-0.25, -0.2) is 0 Å². The largest absolute Gasteiger partial charge is 0.380 e. The third kappa shape index (κ3) is 2.28. The van der Waals surface area contributed by atoms with Crippen LogP contribution in [0.4, 0.5) is 0 Å². The first-order valence-electron chi connectivity index (χ1n) is 3.00. The lowest BCUT2D eigenvalue weighted by molar-refractivity contribution is 0.0822. The molecule has 2 unspecified atom stereocenters. The Balaban J connectivity index is 3.35. The van der Waals surface area contributed by atoms with Crippen LogP contribution in [-0.2, 0) is 4.74 Å². The van der Waals surface area contributed by atoms with Gasteiger partial charge in [-0.05, 0) is 13.3 Å². The van der Waals surface area contributed by atoms with Gasteiger partial charge >= 0.3 is 0 Å². The van der Waals surface area contributed by atoms with E-state index in [1.165, 1.54) is 0 Å². The SMILES string of the molecule is CCC(OC)C(C)N. The first kappa shape index (κ1) is 7.92. The van der Waals surface area contributed by atoms with E-state index in [-0.39, 0.29) is 12.1 Å². The second kappa shape index (κ2) is 3.87. The average Bonchev–Trinajstić information content (AvgIpc) is 1.69. The van der Waals surface area contributed by atoms with E-state index in [2.05, 4.69) is 6.92 Å². The van der Waals surface area contributed by atoms with Crippen molar-refractivity contribution in [2.75, 3.05) is 7.11 Å². The molecule has 2 nitrogen and oxygen atoms in total. The second-order valence-corrected chi connectivity index (χ2v) is 2.04. The maximum Gasteiger partial charge on any atom is 0.0716 e. The maximum absolute atomic E-state index is 5.53. The van der Waals surface area contributed by atoms with Gasteiger partial charge in [-0.2, -0.15) is 0 Å². The zero-order valence-corrected chi connectivity index (χ0v) is 5.85. The highest BCUT2D eigenvalue weighted by molar-refractivity contribution is 4.64.